The second-order valence-corrected chi connectivity index (χ2v) is 8.20. The van der Waals surface area contributed by atoms with Gasteiger partial charge in [-0.05, 0) is 43.9 Å². The standard InChI is InChI=1S/C23H28N4O4/c1-16-4-6-18(7-5-16)24-22(28)15-25(3)23(29)20-14-19(27(30)31)8-9-21(20)26-12-10-17(2)11-13-26/h4-9,14,17H,10-13,15H2,1-3H3,(H,24,28). The van der Waals surface area contributed by atoms with E-state index in [-0.39, 0.29) is 23.7 Å². The van der Waals surface area contributed by atoms with Gasteiger partial charge in [0, 0.05) is 38.0 Å². The van der Waals surface area contributed by atoms with Crippen molar-refractivity contribution < 1.29 is 14.5 Å². The fourth-order valence-electron chi connectivity index (χ4n) is 3.66. The van der Waals surface area contributed by atoms with Crippen molar-refractivity contribution in [1.29, 1.82) is 0 Å². The first-order valence-corrected chi connectivity index (χ1v) is 10.4. The van der Waals surface area contributed by atoms with E-state index in [0.29, 0.717) is 17.3 Å². The zero-order valence-electron chi connectivity index (χ0n) is 18.1. The molecule has 0 aromatic heterocycles. The van der Waals surface area contributed by atoms with Gasteiger partial charge in [0.2, 0.25) is 5.91 Å². The molecular formula is C23H28N4O4. The number of carbonyl (C=O) groups excluding carboxylic acids is 2. The van der Waals surface area contributed by atoms with Gasteiger partial charge in [0.1, 0.15) is 0 Å². The summed E-state index contributed by atoms with van der Waals surface area (Å²) in [6.45, 7) is 5.57. The summed E-state index contributed by atoms with van der Waals surface area (Å²) in [7, 11) is 1.53. The predicted molar refractivity (Wildman–Crippen MR) is 120 cm³/mol. The van der Waals surface area contributed by atoms with Crippen LogP contribution in [0.15, 0.2) is 42.5 Å². The van der Waals surface area contributed by atoms with E-state index in [0.717, 1.165) is 31.5 Å². The Kier molecular flexibility index (Phi) is 6.89. The van der Waals surface area contributed by atoms with Crippen molar-refractivity contribution in [1.82, 2.24) is 4.90 Å². The maximum absolute atomic E-state index is 13.2. The van der Waals surface area contributed by atoms with Crippen LogP contribution in [-0.4, -0.2) is 48.3 Å². The Morgan fingerprint density at radius 2 is 1.81 bits per heavy atom. The summed E-state index contributed by atoms with van der Waals surface area (Å²) in [6.07, 6.45) is 2.00. The highest BCUT2D eigenvalue weighted by molar-refractivity contribution is 6.03. The molecule has 1 fully saturated rings. The molecule has 8 heteroatoms. The first-order chi connectivity index (χ1) is 14.7. The zero-order chi connectivity index (χ0) is 22.5. The van der Waals surface area contributed by atoms with Crippen LogP contribution in [-0.2, 0) is 4.79 Å². The largest absolute Gasteiger partial charge is 0.371 e. The Morgan fingerprint density at radius 1 is 1.16 bits per heavy atom. The first kappa shape index (κ1) is 22.3. The molecular weight excluding hydrogens is 396 g/mol. The molecule has 2 aromatic carbocycles. The lowest BCUT2D eigenvalue weighted by Gasteiger charge is -2.33. The van der Waals surface area contributed by atoms with Crippen LogP contribution in [0.5, 0.6) is 0 Å². The molecule has 0 radical (unpaired) electrons. The summed E-state index contributed by atoms with van der Waals surface area (Å²) in [5, 5.41) is 14.1. The van der Waals surface area contributed by atoms with Gasteiger partial charge in [0.25, 0.3) is 11.6 Å². The molecule has 0 unspecified atom stereocenters. The number of nitrogens with one attached hydrogen (secondary N) is 1. The van der Waals surface area contributed by atoms with Crippen LogP contribution in [0.1, 0.15) is 35.7 Å². The van der Waals surface area contributed by atoms with Crippen LogP contribution in [0.2, 0.25) is 0 Å². The minimum Gasteiger partial charge on any atom is -0.371 e. The van der Waals surface area contributed by atoms with Crippen LogP contribution in [0.3, 0.4) is 0 Å². The van der Waals surface area contributed by atoms with E-state index in [9.17, 15) is 19.7 Å². The van der Waals surface area contributed by atoms with E-state index in [4.69, 9.17) is 0 Å². The monoisotopic (exact) mass is 424 g/mol. The first-order valence-electron chi connectivity index (χ1n) is 10.4. The van der Waals surface area contributed by atoms with E-state index < -0.39 is 10.8 Å². The molecule has 0 saturated carbocycles. The maximum atomic E-state index is 13.2. The topological polar surface area (TPSA) is 95.8 Å². The summed E-state index contributed by atoms with van der Waals surface area (Å²) in [4.78, 5) is 39.8. The number of anilines is 2. The Balaban J connectivity index is 1.77. The molecule has 1 N–H and O–H groups in total. The number of nitro groups is 1. The Hall–Kier alpha value is -3.42. The van der Waals surface area contributed by atoms with Crippen LogP contribution in [0.25, 0.3) is 0 Å². The lowest BCUT2D eigenvalue weighted by Crippen LogP contribution is -2.38. The molecule has 3 rings (SSSR count). The fraction of sp³-hybridized carbons (Fsp3) is 0.391. The number of non-ortho nitro benzene ring substituents is 1. The van der Waals surface area contributed by atoms with E-state index in [1.165, 1.54) is 24.1 Å². The number of hydrogen-bond acceptors (Lipinski definition) is 5. The average Bonchev–Trinajstić information content (AvgIpc) is 2.75. The van der Waals surface area contributed by atoms with Gasteiger partial charge < -0.3 is 15.1 Å². The normalized spacial score (nSPS) is 14.2. The van der Waals surface area contributed by atoms with E-state index >= 15 is 0 Å². The Bertz CT molecular complexity index is 966. The Labute approximate surface area is 182 Å². The lowest BCUT2D eigenvalue weighted by molar-refractivity contribution is -0.384. The van der Waals surface area contributed by atoms with Gasteiger partial charge in [0.15, 0.2) is 0 Å². The van der Waals surface area contributed by atoms with E-state index in [1.807, 2.05) is 19.1 Å². The number of amides is 2. The molecule has 1 heterocycles. The highest BCUT2D eigenvalue weighted by Crippen LogP contribution is 2.30. The number of benzene rings is 2. The minimum atomic E-state index is -0.511. The number of piperidine rings is 1. The van der Waals surface area contributed by atoms with Crippen molar-refractivity contribution >= 4 is 28.9 Å². The van der Waals surface area contributed by atoms with Crippen molar-refractivity contribution in [3.05, 3.63) is 63.7 Å². The van der Waals surface area contributed by atoms with Crippen molar-refractivity contribution in [3.8, 4) is 0 Å². The van der Waals surface area contributed by atoms with Crippen LogP contribution in [0.4, 0.5) is 17.1 Å². The van der Waals surface area contributed by atoms with Crippen LogP contribution in [0, 0.1) is 23.0 Å². The highest BCUT2D eigenvalue weighted by Gasteiger charge is 2.26. The number of rotatable bonds is 6. The third-order valence-electron chi connectivity index (χ3n) is 5.61. The van der Waals surface area contributed by atoms with Gasteiger partial charge in [-0.3, -0.25) is 19.7 Å². The van der Waals surface area contributed by atoms with Gasteiger partial charge in [-0.2, -0.15) is 0 Å². The Morgan fingerprint density at radius 3 is 2.42 bits per heavy atom. The number of nitrogens with zero attached hydrogens (tertiary/aromatic N) is 3. The smallest absolute Gasteiger partial charge is 0.270 e. The maximum Gasteiger partial charge on any atom is 0.270 e. The van der Waals surface area contributed by atoms with Crippen molar-refractivity contribution in [2.75, 3.05) is 36.9 Å². The predicted octanol–water partition coefficient (Wildman–Crippen LogP) is 3.85. The highest BCUT2D eigenvalue weighted by atomic mass is 16.6. The van der Waals surface area contributed by atoms with Gasteiger partial charge in [-0.25, -0.2) is 0 Å². The molecule has 1 aliphatic heterocycles. The SMILES string of the molecule is Cc1ccc(NC(=O)CN(C)C(=O)c2cc([N+](=O)[O-])ccc2N2CCC(C)CC2)cc1. The molecule has 1 saturated heterocycles. The van der Waals surface area contributed by atoms with Gasteiger partial charge >= 0.3 is 0 Å². The van der Waals surface area contributed by atoms with Crippen molar-refractivity contribution in [2.24, 2.45) is 5.92 Å². The molecule has 0 atom stereocenters. The van der Waals surface area contributed by atoms with Crippen LogP contribution >= 0.6 is 0 Å². The van der Waals surface area contributed by atoms with Crippen molar-refractivity contribution in [3.63, 3.8) is 0 Å². The summed E-state index contributed by atoms with van der Waals surface area (Å²) in [5.74, 6) is -0.142. The third-order valence-corrected chi connectivity index (χ3v) is 5.61. The van der Waals surface area contributed by atoms with Gasteiger partial charge in [-0.1, -0.05) is 24.6 Å². The second-order valence-electron chi connectivity index (χ2n) is 8.20. The molecule has 2 amide bonds. The number of likely N-dealkylation sites (N-methyl/N-ethyl adjacent to an activating group) is 1. The molecule has 164 valence electrons. The number of carbonyl (C=O) groups is 2. The summed E-state index contributed by atoms with van der Waals surface area (Å²) in [5.41, 5.74) is 2.50. The molecule has 8 nitrogen and oxygen atoms in total. The molecule has 1 aliphatic rings. The number of aryl methyl sites for hydroxylation is 1. The van der Waals surface area contributed by atoms with Gasteiger partial charge in [0.05, 0.1) is 22.7 Å². The van der Waals surface area contributed by atoms with Crippen molar-refractivity contribution in [2.45, 2.75) is 26.7 Å². The van der Waals surface area contributed by atoms with E-state index in [1.54, 1.807) is 18.2 Å². The quantitative estimate of drug-likeness (QED) is 0.561. The van der Waals surface area contributed by atoms with E-state index in [2.05, 4.69) is 17.1 Å². The molecule has 0 spiro atoms. The average molecular weight is 425 g/mol. The number of nitro benzene ring substituents is 1. The second kappa shape index (κ2) is 9.59. The lowest BCUT2D eigenvalue weighted by atomic mass is 9.97. The molecule has 31 heavy (non-hydrogen) atoms. The fourth-order valence-corrected chi connectivity index (χ4v) is 3.66. The van der Waals surface area contributed by atoms with Crippen LogP contribution < -0.4 is 10.2 Å². The third kappa shape index (κ3) is 5.59. The molecule has 0 aliphatic carbocycles. The summed E-state index contributed by atoms with van der Waals surface area (Å²) in [6, 6.07) is 11.7. The molecule has 2 aromatic rings. The summed E-state index contributed by atoms with van der Waals surface area (Å²) < 4.78 is 0. The van der Waals surface area contributed by atoms with Gasteiger partial charge in [-0.15, -0.1) is 0 Å². The minimum absolute atomic E-state index is 0.144. The number of hydrogen-bond donors (Lipinski definition) is 1. The zero-order valence-corrected chi connectivity index (χ0v) is 18.1. The molecule has 0 bridgehead atoms. The summed E-state index contributed by atoms with van der Waals surface area (Å²) >= 11 is 0.